The van der Waals surface area contributed by atoms with Crippen molar-refractivity contribution < 1.29 is 14.3 Å². The van der Waals surface area contributed by atoms with Gasteiger partial charge in [0.05, 0.1) is 0 Å². The normalized spacial score (nSPS) is 11.6. The van der Waals surface area contributed by atoms with Gasteiger partial charge in [0, 0.05) is 11.6 Å². The molecule has 0 aliphatic carbocycles. The molecule has 0 saturated heterocycles. The van der Waals surface area contributed by atoms with Crippen molar-refractivity contribution in [2.24, 2.45) is 0 Å². The molecule has 0 bridgehead atoms. The molecule has 18 heavy (non-hydrogen) atoms. The van der Waals surface area contributed by atoms with Gasteiger partial charge in [0.25, 0.3) is 0 Å². The Morgan fingerprint density at radius 2 is 2.06 bits per heavy atom. The molecule has 0 radical (unpaired) electrons. The minimum Gasteiger partial charge on any atom is -0.480 e. The second-order valence-corrected chi connectivity index (χ2v) is 4.59. The Balaban J connectivity index is 2.85. The van der Waals surface area contributed by atoms with Gasteiger partial charge in [-0.05, 0) is 36.6 Å². The molecular weight excluding hydrogens is 257 g/mol. The zero-order chi connectivity index (χ0) is 13.8. The summed E-state index contributed by atoms with van der Waals surface area (Å²) in [5.74, 6) is -1.29. The summed E-state index contributed by atoms with van der Waals surface area (Å²) in [4.78, 5) is 11.3. The molecule has 0 amide bonds. The zero-order valence-corrected chi connectivity index (χ0v) is 11.2. The Morgan fingerprint density at radius 3 is 2.56 bits per heavy atom. The monoisotopic (exact) mass is 273 g/mol. The predicted octanol–water partition coefficient (Wildman–Crippen LogP) is 3.21. The van der Waals surface area contributed by atoms with Gasteiger partial charge in [-0.25, -0.2) is 4.39 Å². The Hall–Kier alpha value is -1.13. The van der Waals surface area contributed by atoms with E-state index in [-0.39, 0.29) is 12.4 Å². The highest BCUT2D eigenvalue weighted by atomic mass is 35.5. The van der Waals surface area contributed by atoms with Gasteiger partial charge in [0.1, 0.15) is 11.4 Å². The molecule has 0 spiro atoms. The lowest BCUT2D eigenvalue weighted by atomic mass is 9.92. The summed E-state index contributed by atoms with van der Waals surface area (Å²) in [6, 6.07) is 4.05. The first-order chi connectivity index (χ1) is 8.45. The smallest absolute Gasteiger partial charge is 0.323 e. The number of hydrogen-bond acceptors (Lipinski definition) is 2. The molecule has 0 aliphatic heterocycles. The molecule has 5 heteroatoms. The molecule has 0 saturated carbocycles. The van der Waals surface area contributed by atoms with E-state index in [1.807, 2.05) is 0 Å². The van der Waals surface area contributed by atoms with E-state index in [2.05, 4.69) is 5.32 Å². The highest BCUT2D eigenvalue weighted by Gasteiger charge is 2.34. The van der Waals surface area contributed by atoms with E-state index in [1.54, 1.807) is 13.8 Å². The summed E-state index contributed by atoms with van der Waals surface area (Å²) in [5.41, 5.74) is -0.431. The van der Waals surface area contributed by atoms with E-state index in [9.17, 15) is 14.3 Å². The van der Waals surface area contributed by atoms with Crippen LogP contribution in [0.4, 0.5) is 4.39 Å². The number of carboxylic acid groups (broad SMARTS) is 1. The van der Waals surface area contributed by atoms with Crippen molar-refractivity contribution >= 4 is 17.6 Å². The summed E-state index contributed by atoms with van der Waals surface area (Å²) >= 11 is 5.94. The van der Waals surface area contributed by atoms with Crippen LogP contribution in [-0.4, -0.2) is 16.6 Å². The third-order valence-corrected chi connectivity index (χ3v) is 3.61. The minimum atomic E-state index is -0.990. The van der Waals surface area contributed by atoms with E-state index < -0.39 is 11.5 Å². The lowest BCUT2D eigenvalue weighted by molar-refractivity contribution is -0.145. The van der Waals surface area contributed by atoms with Crippen molar-refractivity contribution in [2.75, 3.05) is 0 Å². The first-order valence-electron chi connectivity index (χ1n) is 5.87. The maximum atomic E-state index is 13.1. The fourth-order valence-corrected chi connectivity index (χ4v) is 2.01. The van der Waals surface area contributed by atoms with Gasteiger partial charge in [0.2, 0.25) is 0 Å². The molecule has 0 unspecified atom stereocenters. The number of aliphatic carboxylic acids is 1. The summed E-state index contributed by atoms with van der Waals surface area (Å²) in [6.45, 7) is 3.83. The largest absolute Gasteiger partial charge is 0.480 e. The fraction of sp³-hybridized carbons (Fsp3) is 0.462. The molecule has 0 fully saturated rings. The van der Waals surface area contributed by atoms with Gasteiger partial charge < -0.3 is 5.11 Å². The molecule has 0 atom stereocenters. The van der Waals surface area contributed by atoms with Gasteiger partial charge in [-0.15, -0.1) is 0 Å². The zero-order valence-electron chi connectivity index (χ0n) is 10.5. The third-order valence-electron chi connectivity index (χ3n) is 3.24. The standard InChI is InChI=1S/C13H17ClFNO2/c1-3-13(4-2,12(17)18)16-8-9-7-10(15)5-6-11(9)14/h5-7,16H,3-4,8H2,1-2H3,(H,17,18). The van der Waals surface area contributed by atoms with Crippen molar-refractivity contribution in [3.8, 4) is 0 Å². The Labute approximate surface area is 111 Å². The summed E-state index contributed by atoms with van der Waals surface area (Å²) < 4.78 is 13.1. The second kappa shape index (κ2) is 6.16. The molecule has 100 valence electrons. The van der Waals surface area contributed by atoms with Crippen LogP contribution in [0.5, 0.6) is 0 Å². The average Bonchev–Trinajstić information content (AvgIpc) is 2.35. The third kappa shape index (κ3) is 3.21. The van der Waals surface area contributed by atoms with Crippen LogP contribution in [-0.2, 0) is 11.3 Å². The van der Waals surface area contributed by atoms with Gasteiger partial charge in [-0.3, -0.25) is 10.1 Å². The maximum absolute atomic E-state index is 13.1. The molecule has 0 heterocycles. The van der Waals surface area contributed by atoms with Crippen molar-refractivity contribution in [3.63, 3.8) is 0 Å². The second-order valence-electron chi connectivity index (χ2n) is 4.18. The van der Waals surface area contributed by atoms with Crippen LogP contribution in [0.25, 0.3) is 0 Å². The molecular formula is C13H17ClFNO2. The van der Waals surface area contributed by atoms with Crippen molar-refractivity contribution in [3.05, 3.63) is 34.6 Å². The van der Waals surface area contributed by atoms with Crippen LogP contribution < -0.4 is 5.32 Å². The summed E-state index contributed by atoms with van der Waals surface area (Å²) in [6.07, 6.45) is 0.900. The van der Waals surface area contributed by atoms with Crippen LogP contribution in [0.15, 0.2) is 18.2 Å². The highest BCUT2D eigenvalue weighted by Crippen LogP contribution is 2.20. The first-order valence-corrected chi connectivity index (χ1v) is 6.25. The Bertz CT molecular complexity index is 433. The van der Waals surface area contributed by atoms with Gasteiger partial charge >= 0.3 is 5.97 Å². The number of carboxylic acids is 1. The lowest BCUT2D eigenvalue weighted by Gasteiger charge is -2.28. The maximum Gasteiger partial charge on any atom is 0.323 e. The SMILES string of the molecule is CCC(CC)(NCc1cc(F)ccc1Cl)C(=O)O. The Kier molecular flexibility index (Phi) is 5.11. The summed E-state index contributed by atoms with van der Waals surface area (Å²) in [7, 11) is 0. The van der Waals surface area contributed by atoms with Crippen molar-refractivity contribution in [1.29, 1.82) is 0 Å². The van der Waals surface area contributed by atoms with Crippen LogP contribution in [0.3, 0.4) is 0 Å². The Morgan fingerprint density at radius 1 is 1.44 bits per heavy atom. The van der Waals surface area contributed by atoms with Gasteiger partial charge in [0.15, 0.2) is 0 Å². The van der Waals surface area contributed by atoms with Crippen molar-refractivity contribution in [2.45, 2.75) is 38.8 Å². The molecule has 1 aromatic carbocycles. The van der Waals surface area contributed by atoms with E-state index in [1.165, 1.54) is 18.2 Å². The fourth-order valence-electron chi connectivity index (χ4n) is 1.82. The van der Waals surface area contributed by atoms with Crippen LogP contribution >= 0.6 is 11.6 Å². The van der Waals surface area contributed by atoms with Crippen LogP contribution in [0.1, 0.15) is 32.3 Å². The van der Waals surface area contributed by atoms with Crippen LogP contribution in [0.2, 0.25) is 5.02 Å². The number of benzene rings is 1. The molecule has 2 N–H and O–H groups in total. The van der Waals surface area contributed by atoms with Gasteiger partial charge in [-0.1, -0.05) is 25.4 Å². The van der Waals surface area contributed by atoms with Gasteiger partial charge in [-0.2, -0.15) is 0 Å². The average molecular weight is 274 g/mol. The highest BCUT2D eigenvalue weighted by molar-refractivity contribution is 6.31. The summed E-state index contributed by atoms with van der Waals surface area (Å²) in [5, 5.41) is 12.6. The number of hydrogen-bond donors (Lipinski definition) is 2. The molecule has 0 aliphatic rings. The number of carbonyl (C=O) groups is 1. The minimum absolute atomic E-state index is 0.227. The number of nitrogens with one attached hydrogen (secondary N) is 1. The lowest BCUT2D eigenvalue weighted by Crippen LogP contribution is -2.50. The van der Waals surface area contributed by atoms with Crippen molar-refractivity contribution in [1.82, 2.24) is 5.32 Å². The van der Waals surface area contributed by atoms with Crippen LogP contribution in [0, 0.1) is 5.82 Å². The molecule has 1 rings (SSSR count). The number of rotatable bonds is 6. The number of halogens is 2. The van der Waals surface area contributed by atoms with E-state index in [0.717, 1.165) is 0 Å². The van der Waals surface area contributed by atoms with E-state index in [0.29, 0.717) is 23.4 Å². The molecule has 3 nitrogen and oxygen atoms in total. The molecule has 1 aromatic rings. The first kappa shape index (κ1) is 14.9. The topological polar surface area (TPSA) is 49.3 Å². The molecule has 0 aromatic heterocycles. The van der Waals surface area contributed by atoms with E-state index in [4.69, 9.17) is 11.6 Å². The van der Waals surface area contributed by atoms with E-state index >= 15 is 0 Å². The predicted molar refractivity (Wildman–Crippen MR) is 69.2 cm³/mol. The quantitative estimate of drug-likeness (QED) is 0.837.